The van der Waals surface area contributed by atoms with Gasteiger partial charge in [-0.3, -0.25) is 4.79 Å². The summed E-state index contributed by atoms with van der Waals surface area (Å²) in [6, 6.07) is 12.8. The molecule has 0 atom stereocenters. The molecule has 2 aromatic rings. The molecule has 2 N–H and O–H groups in total. The molecule has 2 aromatic carbocycles. The van der Waals surface area contributed by atoms with E-state index >= 15 is 0 Å². The molecule has 2 rings (SSSR count). The summed E-state index contributed by atoms with van der Waals surface area (Å²) in [5.41, 5.74) is 1.59. The zero-order chi connectivity index (χ0) is 15.2. The van der Waals surface area contributed by atoms with Gasteiger partial charge in [0, 0.05) is 28.8 Å². The standard InChI is InChI=1S/C15H13BrCl2N2O/c16-11-3-1-2-4-14(11)19-8-7-15(21)20-10-5-6-12(17)13(18)9-10/h1-6,9,19H,7-8H2,(H,20,21). The zero-order valence-electron chi connectivity index (χ0n) is 11.0. The number of halogens is 3. The van der Waals surface area contributed by atoms with Crippen LogP contribution in [0.5, 0.6) is 0 Å². The van der Waals surface area contributed by atoms with E-state index in [4.69, 9.17) is 23.2 Å². The number of rotatable bonds is 5. The molecule has 0 fully saturated rings. The Balaban J connectivity index is 1.82. The fourth-order valence-corrected chi connectivity index (χ4v) is 2.44. The summed E-state index contributed by atoms with van der Waals surface area (Å²) in [6.45, 7) is 0.537. The summed E-state index contributed by atoms with van der Waals surface area (Å²) in [7, 11) is 0. The summed E-state index contributed by atoms with van der Waals surface area (Å²) in [5.74, 6) is -0.0899. The Bertz CT molecular complexity index is 649. The molecule has 110 valence electrons. The lowest BCUT2D eigenvalue weighted by Gasteiger charge is -2.09. The smallest absolute Gasteiger partial charge is 0.226 e. The number of anilines is 2. The van der Waals surface area contributed by atoms with Gasteiger partial charge in [-0.25, -0.2) is 0 Å². The van der Waals surface area contributed by atoms with Crippen LogP contribution >= 0.6 is 39.1 Å². The van der Waals surface area contributed by atoms with E-state index in [0.29, 0.717) is 28.7 Å². The molecule has 1 amide bonds. The Labute approximate surface area is 141 Å². The van der Waals surface area contributed by atoms with Crippen LogP contribution in [0.3, 0.4) is 0 Å². The summed E-state index contributed by atoms with van der Waals surface area (Å²) in [5, 5.41) is 6.85. The summed E-state index contributed by atoms with van der Waals surface area (Å²) in [4.78, 5) is 11.8. The molecule has 0 unspecified atom stereocenters. The van der Waals surface area contributed by atoms with Crippen LogP contribution in [0.2, 0.25) is 10.0 Å². The van der Waals surface area contributed by atoms with Gasteiger partial charge in [-0.1, -0.05) is 35.3 Å². The molecule has 0 spiro atoms. The minimum Gasteiger partial charge on any atom is -0.384 e. The van der Waals surface area contributed by atoms with E-state index < -0.39 is 0 Å². The van der Waals surface area contributed by atoms with Crippen LogP contribution in [-0.2, 0) is 4.79 Å². The largest absolute Gasteiger partial charge is 0.384 e. The highest BCUT2D eigenvalue weighted by Crippen LogP contribution is 2.25. The van der Waals surface area contributed by atoms with Gasteiger partial charge in [0.05, 0.1) is 10.0 Å². The lowest BCUT2D eigenvalue weighted by atomic mass is 10.3. The molecule has 0 saturated carbocycles. The van der Waals surface area contributed by atoms with Crippen molar-refractivity contribution in [2.24, 2.45) is 0 Å². The fraction of sp³-hybridized carbons (Fsp3) is 0.133. The normalized spacial score (nSPS) is 10.2. The van der Waals surface area contributed by atoms with E-state index in [1.54, 1.807) is 18.2 Å². The van der Waals surface area contributed by atoms with Crippen molar-refractivity contribution in [3.05, 3.63) is 57.0 Å². The Morgan fingerprint density at radius 2 is 1.86 bits per heavy atom. The van der Waals surface area contributed by atoms with Crippen molar-refractivity contribution in [3.8, 4) is 0 Å². The Hall–Kier alpha value is -1.23. The van der Waals surface area contributed by atoms with E-state index in [9.17, 15) is 4.79 Å². The summed E-state index contributed by atoms with van der Waals surface area (Å²) in [6.07, 6.45) is 0.349. The molecule has 0 heterocycles. The molecule has 0 bridgehead atoms. The van der Waals surface area contributed by atoms with Gasteiger partial charge in [0.1, 0.15) is 0 Å². The van der Waals surface area contributed by atoms with Gasteiger partial charge in [-0.05, 0) is 46.3 Å². The number of carbonyl (C=O) groups is 1. The van der Waals surface area contributed by atoms with Crippen molar-refractivity contribution in [1.82, 2.24) is 0 Å². The predicted molar refractivity (Wildman–Crippen MR) is 92.3 cm³/mol. The number of carbonyl (C=O) groups excluding carboxylic acids is 1. The lowest BCUT2D eigenvalue weighted by Crippen LogP contribution is -2.16. The monoisotopic (exact) mass is 386 g/mol. The maximum Gasteiger partial charge on any atom is 0.226 e. The SMILES string of the molecule is O=C(CCNc1ccccc1Br)Nc1ccc(Cl)c(Cl)c1. The third kappa shape index (κ3) is 4.92. The topological polar surface area (TPSA) is 41.1 Å². The van der Waals surface area contributed by atoms with Gasteiger partial charge < -0.3 is 10.6 Å². The third-order valence-corrected chi connectivity index (χ3v) is 4.18. The highest BCUT2D eigenvalue weighted by atomic mass is 79.9. The first-order chi connectivity index (χ1) is 10.1. The van der Waals surface area contributed by atoms with Gasteiger partial charge in [-0.2, -0.15) is 0 Å². The number of hydrogen-bond donors (Lipinski definition) is 2. The maximum atomic E-state index is 11.8. The average Bonchev–Trinajstić information content (AvgIpc) is 2.45. The van der Waals surface area contributed by atoms with E-state index in [-0.39, 0.29) is 5.91 Å². The van der Waals surface area contributed by atoms with E-state index in [0.717, 1.165) is 10.2 Å². The van der Waals surface area contributed by atoms with Crippen molar-refractivity contribution in [3.63, 3.8) is 0 Å². The minimum absolute atomic E-state index is 0.0899. The van der Waals surface area contributed by atoms with E-state index in [2.05, 4.69) is 26.6 Å². The first-order valence-electron chi connectivity index (χ1n) is 6.29. The lowest BCUT2D eigenvalue weighted by molar-refractivity contribution is -0.115. The number of para-hydroxylation sites is 1. The first-order valence-corrected chi connectivity index (χ1v) is 7.84. The Kier molecular flexibility index (Phi) is 5.91. The zero-order valence-corrected chi connectivity index (χ0v) is 14.1. The molecule has 3 nitrogen and oxygen atoms in total. The van der Waals surface area contributed by atoms with Crippen molar-refractivity contribution < 1.29 is 4.79 Å². The van der Waals surface area contributed by atoms with Crippen LogP contribution in [0.25, 0.3) is 0 Å². The first kappa shape index (κ1) is 16.1. The minimum atomic E-state index is -0.0899. The third-order valence-electron chi connectivity index (χ3n) is 2.74. The predicted octanol–water partition coefficient (Wildman–Crippen LogP) is 5.20. The van der Waals surface area contributed by atoms with Crippen LogP contribution in [-0.4, -0.2) is 12.5 Å². The van der Waals surface area contributed by atoms with E-state index in [1.165, 1.54) is 0 Å². The van der Waals surface area contributed by atoms with Crippen LogP contribution < -0.4 is 10.6 Å². The highest BCUT2D eigenvalue weighted by Gasteiger charge is 2.05. The molecular formula is C15H13BrCl2N2O. The molecule has 21 heavy (non-hydrogen) atoms. The fourth-order valence-electron chi connectivity index (χ4n) is 1.71. The molecule has 0 aliphatic heterocycles. The maximum absolute atomic E-state index is 11.8. The number of nitrogens with one attached hydrogen (secondary N) is 2. The second kappa shape index (κ2) is 7.69. The molecule has 0 aliphatic carbocycles. The van der Waals surface area contributed by atoms with Gasteiger partial charge in [0.15, 0.2) is 0 Å². The molecule has 0 radical (unpaired) electrons. The average molecular weight is 388 g/mol. The van der Waals surface area contributed by atoms with Crippen LogP contribution in [0, 0.1) is 0 Å². The van der Waals surface area contributed by atoms with Crippen LogP contribution in [0.15, 0.2) is 46.9 Å². The molecule has 6 heteroatoms. The van der Waals surface area contributed by atoms with Crippen molar-refractivity contribution in [2.45, 2.75) is 6.42 Å². The van der Waals surface area contributed by atoms with Gasteiger partial charge >= 0.3 is 0 Å². The quantitative estimate of drug-likeness (QED) is 0.740. The molecular weight excluding hydrogens is 375 g/mol. The van der Waals surface area contributed by atoms with Crippen LogP contribution in [0.1, 0.15) is 6.42 Å². The number of benzene rings is 2. The second-order valence-corrected chi connectivity index (χ2v) is 6.00. The number of hydrogen-bond acceptors (Lipinski definition) is 2. The van der Waals surface area contributed by atoms with Crippen molar-refractivity contribution in [2.75, 3.05) is 17.2 Å². The second-order valence-electron chi connectivity index (χ2n) is 4.33. The highest BCUT2D eigenvalue weighted by molar-refractivity contribution is 9.10. The number of amides is 1. The summed E-state index contributed by atoms with van der Waals surface area (Å²) >= 11 is 15.2. The van der Waals surface area contributed by atoms with Crippen LogP contribution in [0.4, 0.5) is 11.4 Å². The Morgan fingerprint density at radius 1 is 1.10 bits per heavy atom. The summed E-state index contributed by atoms with van der Waals surface area (Å²) < 4.78 is 0.967. The van der Waals surface area contributed by atoms with Crippen molar-refractivity contribution in [1.29, 1.82) is 0 Å². The van der Waals surface area contributed by atoms with E-state index in [1.807, 2.05) is 24.3 Å². The van der Waals surface area contributed by atoms with Crippen molar-refractivity contribution >= 4 is 56.4 Å². The van der Waals surface area contributed by atoms with Gasteiger partial charge in [-0.15, -0.1) is 0 Å². The van der Waals surface area contributed by atoms with Gasteiger partial charge in [0.25, 0.3) is 0 Å². The Morgan fingerprint density at radius 3 is 2.57 bits per heavy atom. The molecule has 0 aromatic heterocycles. The van der Waals surface area contributed by atoms with Gasteiger partial charge in [0.2, 0.25) is 5.91 Å². The molecule has 0 aliphatic rings. The molecule has 0 saturated heterocycles.